The summed E-state index contributed by atoms with van der Waals surface area (Å²) >= 11 is 5.85. The second kappa shape index (κ2) is 7.96. The van der Waals surface area contributed by atoms with Gasteiger partial charge in [0.2, 0.25) is 15.8 Å². The lowest BCUT2D eigenvalue weighted by Gasteiger charge is -2.33. The highest BCUT2D eigenvalue weighted by atomic mass is 35.5. The minimum atomic E-state index is -3.51. The monoisotopic (exact) mass is 418 g/mol. The van der Waals surface area contributed by atoms with E-state index in [0.29, 0.717) is 43.7 Å². The van der Waals surface area contributed by atoms with Gasteiger partial charge < -0.3 is 0 Å². The zero-order valence-electron chi connectivity index (χ0n) is 15.0. The molecule has 8 nitrogen and oxygen atoms in total. The Hall–Kier alpha value is -2.33. The zero-order chi connectivity index (χ0) is 19.6. The number of rotatable bonds is 5. The highest BCUT2D eigenvalue weighted by Gasteiger charge is 2.28. The first-order valence-electron chi connectivity index (χ1n) is 8.84. The molecule has 0 aliphatic carbocycles. The molecule has 2 aromatic carbocycles. The molecule has 2 heterocycles. The summed E-state index contributed by atoms with van der Waals surface area (Å²) in [4.78, 5) is 3.89. The van der Waals surface area contributed by atoms with E-state index >= 15 is 0 Å². The number of halogens is 1. The molecule has 1 aliphatic rings. The largest absolute Gasteiger partial charge is 0.280 e. The van der Waals surface area contributed by atoms with Gasteiger partial charge in [0.15, 0.2) is 0 Å². The predicted molar refractivity (Wildman–Crippen MR) is 105 cm³/mol. The third-order valence-corrected chi connectivity index (χ3v) is 6.76. The molecule has 146 valence electrons. The Kier molecular flexibility index (Phi) is 5.40. The van der Waals surface area contributed by atoms with E-state index in [1.165, 1.54) is 21.2 Å². The number of aromatic nitrogens is 4. The number of sulfonamides is 1. The second-order valence-corrected chi connectivity index (χ2v) is 8.84. The van der Waals surface area contributed by atoms with Crippen molar-refractivity contribution in [2.75, 3.05) is 26.2 Å². The molecule has 4 rings (SSSR count). The van der Waals surface area contributed by atoms with Gasteiger partial charge in [0, 0.05) is 36.8 Å². The maximum Gasteiger partial charge on any atom is 0.243 e. The molecule has 1 aliphatic heterocycles. The topological polar surface area (TPSA) is 84.2 Å². The Morgan fingerprint density at radius 2 is 1.61 bits per heavy atom. The molecule has 0 unspecified atom stereocenters. The highest BCUT2D eigenvalue weighted by molar-refractivity contribution is 7.89. The van der Waals surface area contributed by atoms with Crippen LogP contribution in [0.1, 0.15) is 0 Å². The number of piperazine rings is 1. The molecule has 0 bridgehead atoms. The average Bonchev–Trinajstić information content (AvgIpc) is 3.18. The van der Waals surface area contributed by atoms with Gasteiger partial charge in [0.25, 0.3) is 0 Å². The zero-order valence-corrected chi connectivity index (χ0v) is 16.6. The van der Waals surface area contributed by atoms with Gasteiger partial charge in [-0.2, -0.15) is 4.31 Å². The minimum absolute atomic E-state index is 0.260. The van der Waals surface area contributed by atoms with Gasteiger partial charge in [-0.15, -0.1) is 15.0 Å². The van der Waals surface area contributed by atoms with Crippen LogP contribution in [0.5, 0.6) is 0 Å². The standard InChI is InChI=1S/C18H19ClN6O2S/c19-16-6-8-17(9-7-16)28(26,27)24-12-10-23(11-13-24)14-25-21-18(20-22-25)15-4-2-1-3-5-15/h1-9H,10-14H2. The number of hydrogen-bond acceptors (Lipinski definition) is 6. The van der Waals surface area contributed by atoms with E-state index in [0.717, 1.165) is 5.56 Å². The number of hydrogen-bond donors (Lipinski definition) is 0. The van der Waals surface area contributed by atoms with Crippen LogP contribution in [0.15, 0.2) is 59.5 Å². The first-order valence-corrected chi connectivity index (χ1v) is 10.7. The van der Waals surface area contributed by atoms with Crippen LogP contribution in [0.2, 0.25) is 5.02 Å². The lowest BCUT2D eigenvalue weighted by Crippen LogP contribution is -2.49. The molecule has 3 aromatic rings. The van der Waals surface area contributed by atoms with E-state index < -0.39 is 10.0 Å². The van der Waals surface area contributed by atoms with Crippen LogP contribution in [0.4, 0.5) is 0 Å². The fraction of sp³-hybridized carbons (Fsp3) is 0.278. The van der Waals surface area contributed by atoms with Crippen LogP contribution in [0.25, 0.3) is 11.4 Å². The third-order valence-electron chi connectivity index (χ3n) is 4.59. The summed E-state index contributed by atoms with van der Waals surface area (Å²) in [5.74, 6) is 0.574. The van der Waals surface area contributed by atoms with Crippen LogP contribution in [-0.4, -0.2) is 64.0 Å². The van der Waals surface area contributed by atoms with Crippen molar-refractivity contribution in [2.45, 2.75) is 11.6 Å². The summed E-state index contributed by atoms with van der Waals surface area (Å²) in [6, 6.07) is 15.9. The molecule has 0 spiro atoms. The van der Waals surface area contributed by atoms with E-state index in [1.54, 1.807) is 12.1 Å². The SMILES string of the molecule is O=S(=O)(c1ccc(Cl)cc1)N1CCN(Cn2nnc(-c3ccccc3)n2)CC1. The summed E-state index contributed by atoms with van der Waals surface area (Å²) in [5, 5.41) is 13.1. The Labute approximate surface area is 168 Å². The molecule has 1 aromatic heterocycles. The van der Waals surface area contributed by atoms with Crippen LogP contribution in [-0.2, 0) is 16.7 Å². The van der Waals surface area contributed by atoms with Crippen molar-refractivity contribution in [2.24, 2.45) is 0 Å². The summed E-state index contributed by atoms with van der Waals surface area (Å²) in [6.07, 6.45) is 0. The van der Waals surface area contributed by atoms with Crippen molar-refractivity contribution in [1.29, 1.82) is 0 Å². The first-order chi connectivity index (χ1) is 13.5. The number of nitrogens with zero attached hydrogens (tertiary/aromatic N) is 6. The van der Waals surface area contributed by atoms with Crippen molar-refractivity contribution in [1.82, 2.24) is 29.4 Å². The molecule has 1 fully saturated rings. The summed E-state index contributed by atoms with van der Waals surface area (Å²) in [6.45, 7) is 2.47. The van der Waals surface area contributed by atoms with E-state index in [1.807, 2.05) is 30.3 Å². The summed E-state index contributed by atoms with van der Waals surface area (Å²) in [5.41, 5.74) is 0.910. The smallest absolute Gasteiger partial charge is 0.243 e. The van der Waals surface area contributed by atoms with Crippen molar-refractivity contribution < 1.29 is 8.42 Å². The van der Waals surface area contributed by atoms with Gasteiger partial charge >= 0.3 is 0 Å². The highest BCUT2D eigenvalue weighted by Crippen LogP contribution is 2.20. The summed E-state index contributed by atoms with van der Waals surface area (Å²) < 4.78 is 27.0. The van der Waals surface area contributed by atoms with E-state index in [4.69, 9.17) is 11.6 Å². The lowest BCUT2D eigenvalue weighted by atomic mass is 10.2. The van der Waals surface area contributed by atoms with Crippen molar-refractivity contribution in [3.8, 4) is 11.4 Å². The van der Waals surface area contributed by atoms with Gasteiger partial charge in [0.1, 0.15) is 6.67 Å². The number of tetrazole rings is 1. The molecule has 0 saturated carbocycles. The molecular formula is C18H19ClN6O2S. The van der Waals surface area contributed by atoms with E-state index in [-0.39, 0.29) is 4.90 Å². The van der Waals surface area contributed by atoms with Gasteiger partial charge in [-0.05, 0) is 29.5 Å². The Morgan fingerprint density at radius 1 is 0.929 bits per heavy atom. The minimum Gasteiger partial charge on any atom is -0.280 e. The molecule has 0 radical (unpaired) electrons. The molecule has 0 amide bonds. The quantitative estimate of drug-likeness (QED) is 0.629. The maximum absolute atomic E-state index is 12.7. The third kappa shape index (κ3) is 4.07. The first kappa shape index (κ1) is 19.0. The summed E-state index contributed by atoms with van der Waals surface area (Å²) in [7, 11) is -3.51. The molecule has 0 N–H and O–H groups in total. The fourth-order valence-corrected chi connectivity index (χ4v) is 4.60. The fourth-order valence-electron chi connectivity index (χ4n) is 3.05. The van der Waals surface area contributed by atoms with Crippen LogP contribution in [0, 0.1) is 0 Å². The van der Waals surface area contributed by atoms with Gasteiger partial charge in [-0.1, -0.05) is 41.9 Å². The molecule has 0 atom stereocenters. The molecular weight excluding hydrogens is 400 g/mol. The van der Waals surface area contributed by atoms with Crippen LogP contribution in [0.3, 0.4) is 0 Å². The Balaban J connectivity index is 1.37. The second-order valence-electron chi connectivity index (χ2n) is 6.47. The number of benzene rings is 2. The molecule has 1 saturated heterocycles. The molecule has 28 heavy (non-hydrogen) atoms. The maximum atomic E-state index is 12.7. The normalized spacial score (nSPS) is 16.3. The van der Waals surface area contributed by atoms with E-state index in [9.17, 15) is 8.42 Å². The van der Waals surface area contributed by atoms with Gasteiger partial charge in [0.05, 0.1) is 4.90 Å². The van der Waals surface area contributed by atoms with Crippen LogP contribution < -0.4 is 0 Å². The van der Waals surface area contributed by atoms with E-state index in [2.05, 4.69) is 20.3 Å². The van der Waals surface area contributed by atoms with Crippen molar-refractivity contribution >= 4 is 21.6 Å². The van der Waals surface area contributed by atoms with Crippen molar-refractivity contribution in [3.05, 3.63) is 59.6 Å². The van der Waals surface area contributed by atoms with Crippen LogP contribution >= 0.6 is 11.6 Å². The molecule has 10 heteroatoms. The van der Waals surface area contributed by atoms with Gasteiger partial charge in [-0.3, -0.25) is 4.90 Å². The lowest BCUT2D eigenvalue weighted by molar-refractivity contribution is 0.136. The Morgan fingerprint density at radius 3 is 2.29 bits per heavy atom. The van der Waals surface area contributed by atoms with Gasteiger partial charge in [-0.25, -0.2) is 8.42 Å². The predicted octanol–water partition coefficient (Wildman–Crippen LogP) is 1.96. The average molecular weight is 419 g/mol. The Bertz CT molecular complexity index is 1030. The van der Waals surface area contributed by atoms with Crippen molar-refractivity contribution in [3.63, 3.8) is 0 Å².